The fourth-order valence-electron chi connectivity index (χ4n) is 4.33. The lowest BCUT2D eigenvalue weighted by Crippen LogP contribution is -2.42. The number of rotatable bonds is 7. The molecule has 1 heterocycles. The van der Waals surface area contributed by atoms with E-state index in [0.29, 0.717) is 25.6 Å². The summed E-state index contributed by atoms with van der Waals surface area (Å²) in [5.41, 5.74) is 1.97. The predicted octanol–water partition coefficient (Wildman–Crippen LogP) is 4.39. The first-order valence-corrected chi connectivity index (χ1v) is 12.5. The first-order chi connectivity index (χ1) is 16.1. The Bertz CT molecular complexity index is 851. The van der Waals surface area contributed by atoms with Gasteiger partial charge in [0.1, 0.15) is 11.4 Å². The summed E-state index contributed by atoms with van der Waals surface area (Å²) in [6, 6.07) is 7.98. The molecule has 2 atom stereocenters. The number of allylic oxidation sites excluding steroid dienone is 2. The Hall–Kier alpha value is -2.54. The van der Waals surface area contributed by atoms with Gasteiger partial charge in [-0.15, -0.1) is 0 Å². The molecule has 0 bridgehead atoms. The number of carbonyl (C=O) groups excluding carboxylic acids is 2. The molecule has 3 rings (SSSR count). The number of piperidine rings is 1. The highest BCUT2D eigenvalue weighted by molar-refractivity contribution is 5.80. The molecule has 7 nitrogen and oxygen atoms in total. The lowest BCUT2D eigenvalue weighted by molar-refractivity contribution is -0.126. The molecule has 2 amide bonds. The lowest BCUT2D eigenvalue weighted by Gasteiger charge is -2.33. The molecular weight excluding hydrogens is 432 g/mol. The molecule has 1 aliphatic carbocycles. The molecule has 7 heteroatoms. The molecule has 188 valence electrons. The average Bonchev–Trinajstić information content (AvgIpc) is 2.82. The van der Waals surface area contributed by atoms with Crippen molar-refractivity contribution in [2.45, 2.75) is 71.4 Å². The Morgan fingerprint density at radius 3 is 2.38 bits per heavy atom. The molecule has 1 saturated heterocycles. The van der Waals surface area contributed by atoms with Gasteiger partial charge in [0.25, 0.3) is 0 Å². The second-order valence-corrected chi connectivity index (χ2v) is 10.5. The standard InChI is InChI=1S/C27H40N2O5/c1-19(17-30)28-25(31)23-7-5-21(6-8-23)22-9-11-24(12-10-22)33-18-20-13-15-29(16-14-20)26(32)34-27(2,3)4/h5,9-12,19-20,23,30H,6-8,13-18H2,1-4H3,(H,28,31)/t19-,23?/m1/s1. The maximum Gasteiger partial charge on any atom is 0.410 e. The van der Waals surface area contributed by atoms with Gasteiger partial charge in [-0.25, -0.2) is 4.79 Å². The summed E-state index contributed by atoms with van der Waals surface area (Å²) < 4.78 is 11.5. The monoisotopic (exact) mass is 472 g/mol. The van der Waals surface area contributed by atoms with Crippen LogP contribution in [0.3, 0.4) is 0 Å². The van der Waals surface area contributed by atoms with E-state index in [4.69, 9.17) is 14.6 Å². The van der Waals surface area contributed by atoms with E-state index in [0.717, 1.165) is 37.9 Å². The zero-order valence-electron chi connectivity index (χ0n) is 21.0. The molecule has 0 radical (unpaired) electrons. The summed E-state index contributed by atoms with van der Waals surface area (Å²) in [5.74, 6) is 1.28. The normalized spacial score (nSPS) is 20.3. The van der Waals surface area contributed by atoms with Gasteiger partial charge in [-0.2, -0.15) is 0 Å². The number of benzene rings is 1. The Kier molecular flexibility index (Phi) is 9.00. The third kappa shape index (κ3) is 7.76. The number of nitrogens with zero attached hydrogens (tertiary/aromatic N) is 1. The van der Waals surface area contributed by atoms with Crippen molar-refractivity contribution in [1.29, 1.82) is 0 Å². The lowest BCUT2D eigenvalue weighted by atomic mass is 9.86. The van der Waals surface area contributed by atoms with Gasteiger partial charge in [0, 0.05) is 25.0 Å². The van der Waals surface area contributed by atoms with Crippen LogP contribution in [-0.2, 0) is 9.53 Å². The van der Waals surface area contributed by atoms with Crippen LogP contribution >= 0.6 is 0 Å². The van der Waals surface area contributed by atoms with Crippen molar-refractivity contribution in [2.24, 2.45) is 11.8 Å². The van der Waals surface area contributed by atoms with Crippen LogP contribution in [-0.4, -0.2) is 60.0 Å². The third-order valence-corrected chi connectivity index (χ3v) is 6.42. The molecule has 1 fully saturated rings. The van der Waals surface area contributed by atoms with Crippen LogP contribution in [0.25, 0.3) is 5.57 Å². The van der Waals surface area contributed by atoms with E-state index < -0.39 is 5.60 Å². The number of aliphatic hydroxyl groups excluding tert-OH is 1. The maximum atomic E-state index is 12.3. The van der Waals surface area contributed by atoms with Gasteiger partial charge in [-0.3, -0.25) is 4.79 Å². The van der Waals surface area contributed by atoms with Gasteiger partial charge in [-0.05, 0) is 89.0 Å². The Morgan fingerprint density at radius 2 is 1.82 bits per heavy atom. The fourth-order valence-corrected chi connectivity index (χ4v) is 4.33. The maximum absolute atomic E-state index is 12.3. The van der Waals surface area contributed by atoms with Crippen LogP contribution in [0, 0.1) is 11.8 Å². The van der Waals surface area contributed by atoms with Gasteiger partial charge < -0.3 is 24.8 Å². The summed E-state index contributed by atoms with van der Waals surface area (Å²) in [4.78, 5) is 26.3. The summed E-state index contributed by atoms with van der Waals surface area (Å²) in [5, 5.41) is 12.0. The second-order valence-electron chi connectivity index (χ2n) is 10.5. The molecule has 1 aliphatic heterocycles. The first kappa shape index (κ1) is 26.1. The van der Waals surface area contributed by atoms with Crippen molar-refractivity contribution in [3.63, 3.8) is 0 Å². The molecule has 0 saturated carbocycles. The minimum absolute atomic E-state index is 0.0255. The van der Waals surface area contributed by atoms with Crippen LogP contribution in [0.5, 0.6) is 5.75 Å². The van der Waals surface area contributed by atoms with Gasteiger partial charge >= 0.3 is 6.09 Å². The average molecular weight is 473 g/mol. The van der Waals surface area contributed by atoms with Gasteiger partial charge in [0.05, 0.1) is 13.2 Å². The number of hydrogen-bond donors (Lipinski definition) is 2. The van der Waals surface area contributed by atoms with E-state index >= 15 is 0 Å². The van der Waals surface area contributed by atoms with E-state index in [1.54, 1.807) is 11.8 Å². The molecule has 34 heavy (non-hydrogen) atoms. The van der Waals surface area contributed by atoms with Crippen LogP contribution < -0.4 is 10.1 Å². The summed E-state index contributed by atoms with van der Waals surface area (Å²) in [6.07, 6.45) is 6.15. The van der Waals surface area contributed by atoms with E-state index in [1.165, 1.54) is 11.1 Å². The zero-order chi connectivity index (χ0) is 24.7. The Balaban J connectivity index is 1.42. The molecule has 0 spiro atoms. The third-order valence-electron chi connectivity index (χ3n) is 6.42. The van der Waals surface area contributed by atoms with Gasteiger partial charge in [-0.1, -0.05) is 18.2 Å². The molecule has 1 aromatic carbocycles. The van der Waals surface area contributed by atoms with E-state index in [1.807, 2.05) is 32.9 Å². The minimum atomic E-state index is -0.466. The molecule has 2 N–H and O–H groups in total. The first-order valence-electron chi connectivity index (χ1n) is 12.5. The predicted molar refractivity (Wildman–Crippen MR) is 132 cm³/mol. The van der Waals surface area contributed by atoms with E-state index in [2.05, 4.69) is 23.5 Å². The Morgan fingerprint density at radius 1 is 1.15 bits per heavy atom. The topological polar surface area (TPSA) is 88.1 Å². The fraction of sp³-hybridized carbons (Fsp3) is 0.630. The van der Waals surface area contributed by atoms with Gasteiger partial charge in [0.2, 0.25) is 5.91 Å². The molecule has 0 aromatic heterocycles. The van der Waals surface area contributed by atoms with Crippen molar-refractivity contribution in [3.8, 4) is 5.75 Å². The molecular formula is C27H40N2O5. The largest absolute Gasteiger partial charge is 0.493 e. The van der Waals surface area contributed by atoms with Crippen LogP contribution in [0.2, 0.25) is 0 Å². The van der Waals surface area contributed by atoms with E-state index in [-0.39, 0.29) is 30.6 Å². The minimum Gasteiger partial charge on any atom is -0.493 e. The number of aliphatic hydroxyl groups is 1. The highest BCUT2D eigenvalue weighted by Crippen LogP contribution is 2.31. The number of hydrogen-bond acceptors (Lipinski definition) is 5. The number of ether oxygens (including phenoxy) is 2. The van der Waals surface area contributed by atoms with Crippen molar-refractivity contribution < 1.29 is 24.2 Å². The summed E-state index contributed by atoms with van der Waals surface area (Å²) in [6.45, 7) is 9.47. The number of carbonyl (C=O) groups is 2. The number of nitrogens with one attached hydrogen (secondary N) is 1. The molecule has 2 aliphatic rings. The van der Waals surface area contributed by atoms with Crippen LogP contribution in [0.4, 0.5) is 4.79 Å². The van der Waals surface area contributed by atoms with Crippen molar-refractivity contribution >= 4 is 17.6 Å². The number of likely N-dealkylation sites (tertiary alicyclic amines) is 1. The van der Waals surface area contributed by atoms with Crippen LogP contribution in [0.15, 0.2) is 30.3 Å². The Labute approximate surface area is 203 Å². The highest BCUT2D eigenvalue weighted by Gasteiger charge is 2.27. The van der Waals surface area contributed by atoms with Crippen LogP contribution in [0.1, 0.15) is 65.4 Å². The smallest absolute Gasteiger partial charge is 0.410 e. The molecule has 1 unspecified atom stereocenters. The SMILES string of the molecule is C[C@H](CO)NC(=O)C1CC=C(c2ccc(OCC3CCN(C(=O)OC(C)(C)C)CC3)cc2)CC1. The summed E-state index contributed by atoms with van der Waals surface area (Å²) >= 11 is 0. The zero-order valence-corrected chi connectivity index (χ0v) is 21.0. The van der Waals surface area contributed by atoms with Crippen molar-refractivity contribution in [2.75, 3.05) is 26.3 Å². The quantitative estimate of drug-likeness (QED) is 0.614. The second kappa shape index (κ2) is 11.7. The van der Waals surface area contributed by atoms with Gasteiger partial charge in [0.15, 0.2) is 0 Å². The van der Waals surface area contributed by atoms with Crippen molar-refractivity contribution in [1.82, 2.24) is 10.2 Å². The summed E-state index contributed by atoms with van der Waals surface area (Å²) in [7, 11) is 0. The van der Waals surface area contributed by atoms with E-state index in [9.17, 15) is 9.59 Å². The van der Waals surface area contributed by atoms with Crippen molar-refractivity contribution in [3.05, 3.63) is 35.9 Å². The highest BCUT2D eigenvalue weighted by atomic mass is 16.6. The number of amides is 2. The molecule has 1 aromatic rings.